The van der Waals surface area contributed by atoms with Gasteiger partial charge >= 0.3 is 12.2 Å². The lowest BCUT2D eigenvalue weighted by Gasteiger charge is -2.35. The number of hydrogen-bond donors (Lipinski definition) is 3. The van der Waals surface area contributed by atoms with E-state index in [1.165, 1.54) is 21.3 Å². The molecule has 0 saturated carbocycles. The number of amides is 4. The van der Waals surface area contributed by atoms with Gasteiger partial charge in [0.15, 0.2) is 0 Å². The molecule has 332 valence electrons. The summed E-state index contributed by atoms with van der Waals surface area (Å²) < 4.78 is 21.7. The van der Waals surface area contributed by atoms with Crippen LogP contribution in [0.15, 0.2) is 65.8 Å². The quantitative estimate of drug-likeness (QED) is 0.137. The highest BCUT2D eigenvalue weighted by molar-refractivity contribution is 6.01. The Labute approximate surface area is 367 Å². The smallest absolute Gasteiger partial charge is 0.407 e. The number of rotatable bonds is 11. The van der Waals surface area contributed by atoms with E-state index in [0.29, 0.717) is 25.3 Å². The predicted octanol–water partition coefficient (Wildman–Crippen LogP) is 7.60. The number of methoxy groups -OCH3 is 3. The van der Waals surface area contributed by atoms with Gasteiger partial charge in [0.2, 0.25) is 11.8 Å². The molecule has 0 unspecified atom stereocenters. The number of aromatic amines is 1. The minimum Gasteiger partial charge on any atom is -0.457 e. The van der Waals surface area contributed by atoms with Crippen molar-refractivity contribution in [2.45, 2.75) is 102 Å². The second-order valence-electron chi connectivity index (χ2n) is 17.7. The number of ether oxygens (including phenoxy) is 4. The van der Waals surface area contributed by atoms with Crippen molar-refractivity contribution in [1.82, 2.24) is 30.4 Å². The van der Waals surface area contributed by atoms with Gasteiger partial charge in [-0.05, 0) is 91.6 Å². The van der Waals surface area contributed by atoms with E-state index in [9.17, 15) is 19.2 Å². The first kappa shape index (κ1) is 43.4. The molecule has 63 heavy (non-hydrogen) atoms. The minimum absolute atomic E-state index is 0.101. The number of nitrogens with zero attached hydrogens (tertiary/aromatic N) is 4. The third-order valence-electron chi connectivity index (χ3n) is 13.2. The van der Waals surface area contributed by atoms with Crippen LogP contribution < -0.4 is 15.4 Å². The number of imidazole rings is 1. The van der Waals surface area contributed by atoms with E-state index in [-0.39, 0.29) is 35.2 Å². The average molecular weight is 860 g/mol. The number of carbonyl (C=O) groups excluding carboxylic acids is 4. The maximum Gasteiger partial charge on any atom is 0.407 e. The molecular weight excluding hydrogens is 803 g/mol. The highest BCUT2D eigenvalue weighted by Gasteiger charge is 2.41. The number of fused-ring (bicyclic) bond motifs is 3. The van der Waals surface area contributed by atoms with Crippen molar-refractivity contribution in [3.63, 3.8) is 0 Å². The third-order valence-corrected chi connectivity index (χ3v) is 13.2. The number of hydrogen-bond acceptors (Lipinski definition) is 10. The van der Waals surface area contributed by atoms with Crippen LogP contribution in [0.5, 0.6) is 11.5 Å². The Hall–Kier alpha value is -6.22. The fourth-order valence-corrected chi connectivity index (χ4v) is 9.54. The van der Waals surface area contributed by atoms with Gasteiger partial charge in [0.1, 0.15) is 29.4 Å². The zero-order valence-corrected chi connectivity index (χ0v) is 37.2. The summed E-state index contributed by atoms with van der Waals surface area (Å²) in [5.74, 6) is 1.80. The van der Waals surface area contributed by atoms with Gasteiger partial charge in [-0.15, -0.1) is 0 Å². The lowest BCUT2D eigenvalue weighted by molar-refractivity contribution is -0.137. The number of nitrogens with one attached hydrogen (secondary N) is 3. The van der Waals surface area contributed by atoms with Gasteiger partial charge < -0.3 is 44.4 Å². The molecule has 3 N–H and O–H groups in total. The number of likely N-dealkylation sites (tertiary alicyclic amines) is 2. The van der Waals surface area contributed by atoms with E-state index in [1.54, 1.807) is 18.0 Å². The number of alkyl carbamates (subject to hydrolysis) is 2. The molecule has 1 aromatic heterocycles. The second kappa shape index (κ2) is 17.5. The van der Waals surface area contributed by atoms with E-state index in [0.717, 1.165) is 87.7 Å². The van der Waals surface area contributed by atoms with Crippen molar-refractivity contribution in [2.75, 3.05) is 34.4 Å². The Balaban J connectivity index is 0.972. The molecule has 3 aromatic carbocycles. The van der Waals surface area contributed by atoms with Crippen LogP contribution in [-0.2, 0) is 35.6 Å². The number of carbonyl (C=O) groups is 4. The van der Waals surface area contributed by atoms with Crippen molar-refractivity contribution in [1.29, 1.82) is 0 Å². The molecule has 15 nitrogen and oxygen atoms in total. The number of H-pyrrole nitrogens is 1. The highest BCUT2D eigenvalue weighted by atomic mass is 16.5. The maximum absolute atomic E-state index is 13.8. The Morgan fingerprint density at radius 1 is 0.778 bits per heavy atom. The second-order valence-corrected chi connectivity index (χ2v) is 17.7. The Kier molecular flexibility index (Phi) is 12.1. The molecule has 8 rings (SSSR count). The molecule has 2 saturated heterocycles. The van der Waals surface area contributed by atoms with Crippen LogP contribution in [0.25, 0.3) is 22.4 Å². The molecule has 4 aliphatic rings. The summed E-state index contributed by atoms with van der Waals surface area (Å²) in [7, 11) is 4.07. The summed E-state index contributed by atoms with van der Waals surface area (Å²) in [5.41, 5.74) is 8.57. The molecule has 0 aliphatic carbocycles. The first-order valence-corrected chi connectivity index (χ1v) is 21.8. The van der Waals surface area contributed by atoms with Crippen LogP contribution in [0, 0.1) is 5.92 Å². The third kappa shape index (κ3) is 8.26. The van der Waals surface area contributed by atoms with Gasteiger partial charge in [-0.2, -0.15) is 0 Å². The molecule has 4 aromatic rings. The minimum atomic E-state index is -0.910. The average Bonchev–Trinajstić information content (AvgIpc) is 4.12. The standard InChI is InChI=1S/C48H57N7O8/c1-26(2)41(52-46(58)61-7)44(56)54-19-9-11-37(54)35-23-31-21-28(14-17-34(31)50-35)29-13-16-32-40(24-29)63-39-18-15-30(22-33(39)48(32,4)5)36-25-49-43(51-36)38-12-10-20-55(38)45(57)42(27(3)60-6)53-47(59)62-8/h13-18,21-22,24-27,37-38,41-42H,9-12,19-20,23H2,1-8H3,(H,49,51)(H,52,58)(H,53,59)/t27-,37+,38+,41+,42+/m1/s1. The molecule has 5 atom stereocenters. The summed E-state index contributed by atoms with van der Waals surface area (Å²) in [6.45, 7) is 11.1. The Bertz CT molecular complexity index is 2460. The van der Waals surface area contributed by atoms with E-state index >= 15 is 0 Å². The van der Waals surface area contributed by atoms with Gasteiger partial charge in [-0.25, -0.2) is 14.6 Å². The lowest BCUT2D eigenvalue weighted by Crippen LogP contribution is -2.54. The van der Waals surface area contributed by atoms with E-state index < -0.39 is 30.4 Å². The predicted molar refractivity (Wildman–Crippen MR) is 237 cm³/mol. The molecular formula is C48H57N7O8. The molecule has 5 heterocycles. The molecule has 0 radical (unpaired) electrons. The fraction of sp³-hybridized carbons (Fsp3) is 0.458. The fourth-order valence-electron chi connectivity index (χ4n) is 9.54. The van der Waals surface area contributed by atoms with Crippen LogP contribution >= 0.6 is 0 Å². The van der Waals surface area contributed by atoms with Crippen LogP contribution in [-0.4, -0.2) is 108 Å². The zero-order chi connectivity index (χ0) is 44.7. The summed E-state index contributed by atoms with van der Waals surface area (Å²) in [4.78, 5) is 68.6. The van der Waals surface area contributed by atoms with E-state index in [1.807, 2.05) is 30.9 Å². The number of benzene rings is 3. The molecule has 0 spiro atoms. The maximum atomic E-state index is 13.8. The van der Waals surface area contributed by atoms with Gasteiger partial charge in [-0.1, -0.05) is 45.9 Å². The number of aliphatic imine (C=N–C) groups is 1. The van der Waals surface area contributed by atoms with Crippen LogP contribution in [0.3, 0.4) is 0 Å². The van der Waals surface area contributed by atoms with E-state index in [2.05, 4.69) is 71.9 Å². The van der Waals surface area contributed by atoms with Crippen molar-refractivity contribution < 1.29 is 38.1 Å². The largest absolute Gasteiger partial charge is 0.457 e. The highest BCUT2D eigenvalue weighted by Crippen LogP contribution is 2.50. The van der Waals surface area contributed by atoms with Gasteiger partial charge in [0.25, 0.3) is 0 Å². The topological polar surface area (TPSA) is 177 Å². The number of aromatic nitrogens is 2. The SMILES string of the molecule is COC(=O)N[C@H](C(=O)N1CCC[C@H]1C1=Nc2ccc(-c3ccc4c(c3)Oc3ccc(-c5cnc([C@@H]6CCCN6C(=O)[C@@H](NC(=O)OC)[C@@H](C)OC)[nH]5)cc3C4(C)C)cc2C1)C(C)C. The van der Waals surface area contributed by atoms with Crippen LogP contribution in [0.1, 0.15) is 88.9 Å². The monoisotopic (exact) mass is 859 g/mol. The van der Waals surface area contributed by atoms with Crippen molar-refractivity contribution in [3.8, 4) is 33.9 Å². The zero-order valence-electron chi connectivity index (χ0n) is 37.2. The van der Waals surface area contributed by atoms with Gasteiger partial charge in [-0.3, -0.25) is 14.6 Å². The van der Waals surface area contributed by atoms with Gasteiger partial charge in [0.05, 0.1) is 50.0 Å². The molecule has 4 aliphatic heterocycles. The van der Waals surface area contributed by atoms with Crippen molar-refractivity contribution in [3.05, 3.63) is 83.3 Å². The molecule has 2 fully saturated rings. The summed E-state index contributed by atoms with van der Waals surface area (Å²) in [5, 5.41) is 5.37. The first-order valence-electron chi connectivity index (χ1n) is 21.8. The Morgan fingerprint density at radius 2 is 1.41 bits per heavy atom. The first-order chi connectivity index (χ1) is 30.2. The normalized spacial score (nSPS) is 19.9. The lowest BCUT2D eigenvalue weighted by atomic mass is 9.75. The molecule has 4 amide bonds. The van der Waals surface area contributed by atoms with Crippen LogP contribution in [0.4, 0.5) is 15.3 Å². The molecule has 15 heteroatoms. The summed E-state index contributed by atoms with van der Waals surface area (Å²) in [6, 6.07) is 16.9. The van der Waals surface area contributed by atoms with Crippen molar-refractivity contribution >= 4 is 35.4 Å². The van der Waals surface area contributed by atoms with Crippen molar-refractivity contribution in [2.24, 2.45) is 10.9 Å². The van der Waals surface area contributed by atoms with E-state index in [4.69, 9.17) is 28.9 Å². The summed E-state index contributed by atoms with van der Waals surface area (Å²) >= 11 is 0. The summed E-state index contributed by atoms with van der Waals surface area (Å²) in [6.07, 6.45) is 3.81. The van der Waals surface area contributed by atoms with Crippen LogP contribution in [0.2, 0.25) is 0 Å². The molecule has 0 bridgehead atoms. The van der Waals surface area contributed by atoms with Gasteiger partial charge in [0, 0.05) is 54.4 Å². The Morgan fingerprint density at radius 3 is 2.11 bits per heavy atom.